The number of carbonyl (C=O) groups is 2. The van der Waals surface area contributed by atoms with Crippen LogP contribution in [0.5, 0.6) is 5.75 Å². The molecule has 0 atom stereocenters. The third-order valence-electron chi connectivity index (χ3n) is 3.63. The van der Waals surface area contributed by atoms with Crippen molar-refractivity contribution in [2.75, 3.05) is 0 Å². The fraction of sp³-hybridized carbons (Fsp3) is 0.0526. The summed E-state index contributed by atoms with van der Waals surface area (Å²) in [7, 11) is -10.7. The number of rotatable bonds is 5. The molecule has 0 aliphatic rings. The molecule has 12 heteroatoms. The van der Waals surface area contributed by atoms with Crippen LogP contribution >= 0.6 is 7.81 Å². The third-order valence-corrected chi connectivity index (χ3v) is 3.63. The van der Waals surface area contributed by atoms with Crippen LogP contribution in [0.3, 0.4) is 0 Å². The Morgan fingerprint density at radius 3 is 1.84 bits per heavy atom. The number of hydrogen-bond acceptors (Lipinski definition) is 4. The number of phenolic OH excluding ortho intramolecular Hbond substituents is 1. The van der Waals surface area contributed by atoms with Gasteiger partial charge in [-0.25, -0.2) is 0 Å². The largest absolute Gasteiger partial charge is 0.507 e. The summed E-state index contributed by atoms with van der Waals surface area (Å²) in [5.74, 6) is -1.47. The van der Waals surface area contributed by atoms with Gasteiger partial charge in [0.15, 0.2) is 12.4 Å². The molecule has 0 aliphatic carbocycles. The standard InChI is InChI=1S/C19H14N2O3.F6P/c22-17-4-2-1-3-16(17)19(24)18(23)13-21-11-7-15(8-12-21)14-5-9-20-10-6-14;1-7(2,3,4,5)6/h1-12H,13H2;/q;-1/p+1. The molecule has 0 bridgehead atoms. The maximum Gasteiger partial charge on any atom is 0.267 e. The normalized spacial score (nSPS) is 13.2. The van der Waals surface area contributed by atoms with Gasteiger partial charge in [-0.05, 0) is 35.4 Å². The molecule has 0 fully saturated rings. The number of para-hydroxylation sites is 1. The van der Waals surface area contributed by atoms with Crippen molar-refractivity contribution in [3.63, 3.8) is 0 Å². The molecule has 3 rings (SSSR count). The van der Waals surface area contributed by atoms with Gasteiger partial charge in [-0.3, -0.25) is 14.6 Å². The number of halogens is 6. The minimum Gasteiger partial charge on any atom is -0.507 e. The predicted octanol–water partition coefficient (Wildman–Crippen LogP) is 5.58. The van der Waals surface area contributed by atoms with Crippen molar-refractivity contribution in [1.29, 1.82) is 0 Å². The molecule has 2 heterocycles. The summed E-state index contributed by atoms with van der Waals surface area (Å²) in [5, 5.41) is 9.67. The van der Waals surface area contributed by atoms with Crippen LogP contribution in [0.15, 0.2) is 73.3 Å². The van der Waals surface area contributed by atoms with Crippen LogP contribution < -0.4 is 4.57 Å². The molecule has 0 aliphatic heterocycles. The molecule has 0 radical (unpaired) electrons. The van der Waals surface area contributed by atoms with Crippen molar-refractivity contribution in [1.82, 2.24) is 4.98 Å². The summed E-state index contributed by atoms with van der Waals surface area (Å²) >= 11 is 0. The summed E-state index contributed by atoms with van der Waals surface area (Å²) in [6.07, 6.45) is 6.91. The Morgan fingerprint density at radius 2 is 1.32 bits per heavy atom. The molecule has 3 aromatic rings. The van der Waals surface area contributed by atoms with Gasteiger partial charge >= 0.3 is 33.0 Å². The van der Waals surface area contributed by atoms with E-state index in [1.807, 2.05) is 24.3 Å². The van der Waals surface area contributed by atoms with Crippen molar-refractivity contribution in [3.8, 4) is 16.9 Å². The Labute approximate surface area is 171 Å². The number of Topliss-reactive ketones (excluding diaryl/α,β-unsaturated/α-hetero) is 2. The van der Waals surface area contributed by atoms with E-state index in [9.17, 15) is 39.9 Å². The van der Waals surface area contributed by atoms with Crippen LogP contribution in [0.25, 0.3) is 11.1 Å². The summed E-state index contributed by atoms with van der Waals surface area (Å²) in [6, 6.07) is 13.6. The molecule has 166 valence electrons. The zero-order chi connectivity index (χ0) is 23.3. The first-order valence-electron chi connectivity index (χ1n) is 8.41. The molecule has 2 aromatic heterocycles. The molecule has 0 saturated carbocycles. The molecule has 5 nitrogen and oxygen atoms in total. The van der Waals surface area contributed by atoms with Gasteiger partial charge in [-0.2, -0.15) is 4.57 Å². The first-order valence-corrected chi connectivity index (χ1v) is 10.4. The number of aromatic hydroxyl groups is 1. The van der Waals surface area contributed by atoms with E-state index < -0.39 is 19.4 Å². The van der Waals surface area contributed by atoms with Crippen LogP contribution in [0.1, 0.15) is 10.4 Å². The number of pyridine rings is 2. The number of phenols is 1. The van der Waals surface area contributed by atoms with E-state index in [0.29, 0.717) is 0 Å². The fourth-order valence-electron chi connectivity index (χ4n) is 2.35. The zero-order valence-electron chi connectivity index (χ0n) is 15.5. The average molecular weight is 464 g/mol. The van der Waals surface area contributed by atoms with Crippen molar-refractivity contribution in [3.05, 3.63) is 78.9 Å². The zero-order valence-corrected chi connectivity index (χ0v) is 16.4. The Hall–Kier alpha value is -3.33. The molecule has 1 N–H and O–H groups in total. The second-order valence-corrected chi connectivity index (χ2v) is 8.14. The van der Waals surface area contributed by atoms with E-state index in [-0.39, 0.29) is 17.9 Å². The van der Waals surface area contributed by atoms with Crippen molar-refractivity contribution in [2.45, 2.75) is 6.54 Å². The maximum atomic E-state index is 12.1. The molecule has 0 amide bonds. The van der Waals surface area contributed by atoms with Crippen LogP contribution in [-0.2, 0) is 11.3 Å². The Morgan fingerprint density at radius 1 is 0.839 bits per heavy atom. The van der Waals surface area contributed by atoms with E-state index >= 15 is 0 Å². The Bertz CT molecular complexity index is 1080. The molecule has 0 unspecified atom stereocenters. The van der Waals surface area contributed by atoms with Crippen molar-refractivity contribution < 1.29 is 44.4 Å². The third kappa shape index (κ3) is 9.35. The minimum absolute atomic E-state index is 0.0245. The summed E-state index contributed by atoms with van der Waals surface area (Å²) in [4.78, 5) is 28.2. The quantitative estimate of drug-likeness (QED) is 0.176. The molecular formula is C19H15F6N2O3P. The van der Waals surface area contributed by atoms with Gasteiger partial charge in [-0.15, -0.1) is 0 Å². The number of carbonyl (C=O) groups excluding carboxylic acids is 2. The number of hydrogen-bond donors (Lipinski definition) is 1. The first-order chi connectivity index (χ1) is 14.1. The van der Waals surface area contributed by atoms with E-state index in [4.69, 9.17) is 0 Å². The SMILES string of the molecule is F[P-](F)(F)(F)(F)F.O=C(C[n+]1ccc(-c2ccncc2)cc1)C(=O)c1ccccc1O. The molecular weight excluding hydrogens is 449 g/mol. The van der Waals surface area contributed by atoms with Crippen molar-refractivity contribution >= 4 is 19.4 Å². The van der Waals surface area contributed by atoms with Gasteiger partial charge in [0.2, 0.25) is 12.3 Å². The van der Waals surface area contributed by atoms with Crippen LogP contribution in [-0.4, -0.2) is 21.7 Å². The summed E-state index contributed by atoms with van der Waals surface area (Å²) < 4.78 is 60.8. The van der Waals surface area contributed by atoms with E-state index in [2.05, 4.69) is 4.98 Å². The average Bonchev–Trinajstić information content (AvgIpc) is 2.67. The van der Waals surface area contributed by atoms with Crippen LogP contribution in [0.4, 0.5) is 25.2 Å². The number of aromatic nitrogens is 2. The predicted molar refractivity (Wildman–Crippen MR) is 101 cm³/mol. The van der Waals surface area contributed by atoms with Crippen LogP contribution in [0, 0.1) is 0 Å². The Kier molecular flexibility index (Phi) is 6.23. The number of nitrogens with zero attached hydrogens (tertiary/aromatic N) is 2. The second kappa shape index (κ2) is 8.07. The minimum atomic E-state index is -10.7. The molecule has 1 aromatic carbocycles. The molecule has 31 heavy (non-hydrogen) atoms. The monoisotopic (exact) mass is 464 g/mol. The summed E-state index contributed by atoms with van der Waals surface area (Å²) in [6.45, 7) is -0.0796. The van der Waals surface area contributed by atoms with Crippen molar-refractivity contribution in [2.24, 2.45) is 0 Å². The van der Waals surface area contributed by atoms with Gasteiger partial charge < -0.3 is 5.11 Å². The fourth-order valence-corrected chi connectivity index (χ4v) is 2.35. The van der Waals surface area contributed by atoms with Gasteiger partial charge in [0.1, 0.15) is 5.75 Å². The van der Waals surface area contributed by atoms with Gasteiger partial charge in [-0.1, -0.05) is 12.1 Å². The Balaban J connectivity index is 0.000000423. The van der Waals surface area contributed by atoms with Crippen LogP contribution in [0.2, 0.25) is 0 Å². The molecule has 0 spiro atoms. The summed E-state index contributed by atoms with van der Waals surface area (Å²) in [5.41, 5.74) is 2.04. The topological polar surface area (TPSA) is 71.1 Å². The number of ketones is 2. The van der Waals surface area contributed by atoms with Gasteiger partial charge in [0.25, 0.3) is 5.78 Å². The van der Waals surface area contributed by atoms with Gasteiger partial charge in [0, 0.05) is 24.5 Å². The number of benzene rings is 1. The second-order valence-electron chi connectivity index (χ2n) is 6.22. The molecule has 0 saturated heterocycles. The first kappa shape index (κ1) is 23.9. The van der Waals surface area contributed by atoms with E-state index in [1.165, 1.54) is 12.1 Å². The van der Waals surface area contributed by atoms with Gasteiger partial charge in [0.05, 0.1) is 5.56 Å². The smallest absolute Gasteiger partial charge is 0.267 e. The van der Waals surface area contributed by atoms with E-state index in [1.54, 1.807) is 41.5 Å². The van der Waals surface area contributed by atoms with E-state index in [0.717, 1.165) is 11.1 Å². The maximum absolute atomic E-state index is 12.1.